The molecule has 2 N–H and O–H groups in total. The van der Waals surface area contributed by atoms with Gasteiger partial charge in [0.25, 0.3) is 0 Å². The van der Waals surface area contributed by atoms with Gasteiger partial charge in [-0.1, -0.05) is 35.9 Å². The van der Waals surface area contributed by atoms with Crippen molar-refractivity contribution >= 4 is 0 Å². The average Bonchev–Trinajstić information content (AvgIpc) is 2.39. The van der Waals surface area contributed by atoms with Crippen LogP contribution >= 0.6 is 0 Å². The maximum absolute atomic E-state index is 13.7. The van der Waals surface area contributed by atoms with Crippen LogP contribution in [0.2, 0.25) is 0 Å². The number of benzene rings is 2. The summed E-state index contributed by atoms with van der Waals surface area (Å²) in [4.78, 5) is 0. The molecule has 0 spiro atoms. The monoisotopic (exact) mass is 271 g/mol. The molecule has 0 amide bonds. The molecule has 0 aliphatic rings. The van der Waals surface area contributed by atoms with Crippen molar-refractivity contribution < 1.29 is 4.39 Å². The third-order valence-electron chi connectivity index (χ3n) is 3.83. The van der Waals surface area contributed by atoms with E-state index in [0.29, 0.717) is 11.1 Å². The van der Waals surface area contributed by atoms with Crippen LogP contribution in [0.1, 0.15) is 39.4 Å². The fourth-order valence-corrected chi connectivity index (χ4v) is 2.57. The van der Waals surface area contributed by atoms with E-state index in [-0.39, 0.29) is 11.9 Å². The van der Waals surface area contributed by atoms with Gasteiger partial charge in [-0.25, -0.2) is 4.39 Å². The Morgan fingerprint density at radius 2 is 1.55 bits per heavy atom. The van der Waals surface area contributed by atoms with Crippen LogP contribution in [0.5, 0.6) is 0 Å². The molecule has 1 nitrogen and oxygen atoms in total. The molecule has 2 aromatic rings. The van der Waals surface area contributed by atoms with Crippen LogP contribution in [-0.2, 0) is 6.42 Å². The Morgan fingerprint density at radius 1 is 0.950 bits per heavy atom. The molecule has 2 aromatic carbocycles. The van der Waals surface area contributed by atoms with Gasteiger partial charge in [0.2, 0.25) is 0 Å². The van der Waals surface area contributed by atoms with E-state index >= 15 is 0 Å². The standard InChI is InChI=1S/C18H22FN/c1-11-5-6-12(2)15(7-11)10-17(20)16-8-13(3)18(19)14(4)9-16/h5-9,17H,10,20H2,1-4H3. The molecule has 20 heavy (non-hydrogen) atoms. The summed E-state index contributed by atoms with van der Waals surface area (Å²) in [5.74, 6) is -0.132. The molecular formula is C18H22FN. The van der Waals surface area contributed by atoms with Gasteiger partial charge < -0.3 is 5.73 Å². The van der Waals surface area contributed by atoms with Crippen LogP contribution in [0.25, 0.3) is 0 Å². The first-order valence-electron chi connectivity index (χ1n) is 6.97. The van der Waals surface area contributed by atoms with Gasteiger partial charge in [-0.05, 0) is 61.9 Å². The summed E-state index contributed by atoms with van der Waals surface area (Å²) in [6, 6.07) is 10.0. The van der Waals surface area contributed by atoms with E-state index in [1.54, 1.807) is 13.8 Å². The summed E-state index contributed by atoms with van der Waals surface area (Å²) in [6.45, 7) is 7.76. The predicted molar refractivity (Wildman–Crippen MR) is 82.4 cm³/mol. The minimum absolute atomic E-state index is 0.103. The highest BCUT2D eigenvalue weighted by atomic mass is 19.1. The van der Waals surface area contributed by atoms with Gasteiger partial charge in [0.05, 0.1) is 0 Å². The van der Waals surface area contributed by atoms with Crippen molar-refractivity contribution in [1.82, 2.24) is 0 Å². The first-order valence-corrected chi connectivity index (χ1v) is 6.97. The first kappa shape index (κ1) is 14.7. The lowest BCUT2D eigenvalue weighted by Gasteiger charge is -2.16. The Balaban J connectivity index is 2.28. The molecular weight excluding hydrogens is 249 g/mol. The quantitative estimate of drug-likeness (QED) is 0.885. The van der Waals surface area contributed by atoms with Gasteiger partial charge >= 0.3 is 0 Å². The van der Waals surface area contributed by atoms with Gasteiger partial charge in [0, 0.05) is 6.04 Å². The number of hydrogen-bond donors (Lipinski definition) is 1. The molecule has 1 unspecified atom stereocenters. The van der Waals surface area contributed by atoms with Crippen molar-refractivity contribution in [2.75, 3.05) is 0 Å². The van der Waals surface area contributed by atoms with Gasteiger partial charge in [-0.2, -0.15) is 0 Å². The van der Waals surface area contributed by atoms with Crippen molar-refractivity contribution in [3.05, 3.63) is 69.5 Å². The molecule has 2 heteroatoms. The highest BCUT2D eigenvalue weighted by Gasteiger charge is 2.12. The van der Waals surface area contributed by atoms with Crippen molar-refractivity contribution in [1.29, 1.82) is 0 Å². The third-order valence-corrected chi connectivity index (χ3v) is 3.83. The van der Waals surface area contributed by atoms with Crippen LogP contribution in [0.15, 0.2) is 30.3 Å². The summed E-state index contributed by atoms with van der Waals surface area (Å²) < 4.78 is 13.7. The molecule has 106 valence electrons. The van der Waals surface area contributed by atoms with Crippen molar-refractivity contribution in [3.63, 3.8) is 0 Å². The molecule has 0 saturated carbocycles. The molecule has 0 aliphatic carbocycles. The molecule has 0 saturated heterocycles. The van der Waals surface area contributed by atoms with E-state index in [4.69, 9.17) is 5.73 Å². The Bertz CT molecular complexity index is 608. The lowest BCUT2D eigenvalue weighted by Crippen LogP contribution is -2.15. The smallest absolute Gasteiger partial charge is 0.129 e. The van der Waals surface area contributed by atoms with Gasteiger partial charge in [0.15, 0.2) is 0 Å². The Hall–Kier alpha value is -1.67. The fraction of sp³-hybridized carbons (Fsp3) is 0.333. The van der Waals surface area contributed by atoms with Gasteiger partial charge in [0.1, 0.15) is 5.82 Å². The Morgan fingerprint density at radius 3 is 2.15 bits per heavy atom. The van der Waals surface area contributed by atoms with E-state index in [1.165, 1.54) is 16.7 Å². The minimum atomic E-state index is -0.132. The average molecular weight is 271 g/mol. The minimum Gasteiger partial charge on any atom is -0.324 e. The summed E-state index contributed by atoms with van der Waals surface area (Å²) in [6.07, 6.45) is 0.776. The molecule has 1 atom stereocenters. The molecule has 0 aliphatic heterocycles. The molecule has 0 heterocycles. The van der Waals surface area contributed by atoms with Crippen LogP contribution < -0.4 is 5.73 Å². The second-order valence-corrected chi connectivity index (χ2v) is 5.71. The van der Waals surface area contributed by atoms with Crippen LogP contribution in [0.4, 0.5) is 4.39 Å². The van der Waals surface area contributed by atoms with E-state index in [2.05, 4.69) is 32.0 Å². The summed E-state index contributed by atoms with van der Waals surface area (Å²) in [5, 5.41) is 0. The van der Waals surface area contributed by atoms with E-state index in [0.717, 1.165) is 12.0 Å². The van der Waals surface area contributed by atoms with Gasteiger partial charge in [-0.15, -0.1) is 0 Å². The maximum atomic E-state index is 13.7. The molecule has 2 rings (SSSR count). The topological polar surface area (TPSA) is 26.0 Å². The fourth-order valence-electron chi connectivity index (χ4n) is 2.57. The van der Waals surface area contributed by atoms with Crippen LogP contribution in [0, 0.1) is 33.5 Å². The zero-order valence-corrected chi connectivity index (χ0v) is 12.6. The second-order valence-electron chi connectivity index (χ2n) is 5.71. The number of aryl methyl sites for hydroxylation is 4. The number of halogens is 1. The van der Waals surface area contributed by atoms with Crippen LogP contribution in [-0.4, -0.2) is 0 Å². The lowest BCUT2D eigenvalue weighted by atomic mass is 9.93. The van der Waals surface area contributed by atoms with Crippen molar-refractivity contribution in [2.45, 2.75) is 40.2 Å². The number of hydrogen-bond acceptors (Lipinski definition) is 1. The summed E-state index contributed by atoms with van der Waals surface area (Å²) in [7, 11) is 0. The molecule has 0 aromatic heterocycles. The molecule has 0 fully saturated rings. The highest BCUT2D eigenvalue weighted by molar-refractivity contribution is 5.35. The Kier molecular flexibility index (Phi) is 4.24. The summed E-state index contributed by atoms with van der Waals surface area (Å²) in [5.41, 5.74) is 12.4. The maximum Gasteiger partial charge on any atom is 0.129 e. The largest absolute Gasteiger partial charge is 0.324 e. The zero-order valence-electron chi connectivity index (χ0n) is 12.6. The van der Waals surface area contributed by atoms with Crippen molar-refractivity contribution in [3.8, 4) is 0 Å². The normalized spacial score (nSPS) is 12.5. The van der Waals surface area contributed by atoms with Crippen LogP contribution in [0.3, 0.4) is 0 Å². The lowest BCUT2D eigenvalue weighted by molar-refractivity contribution is 0.605. The first-order chi connectivity index (χ1) is 9.38. The molecule has 0 bridgehead atoms. The highest BCUT2D eigenvalue weighted by Crippen LogP contribution is 2.23. The predicted octanol–water partition coefficient (Wildman–Crippen LogP) is 4.30. The third kappa shape index (κ3) is 3.07. The van der Waals surface area contributed by atoms with E-state index < -0.39 is 0 Å². The SMILES string of the molecule is Cc1ccc(C)c(CC(N)c2cc(C)c(F)c(C)c2)c1. The van der Waals surface area contributed by atoms with Gasteiger partial charge in [-0.3, -0.25) is 0 Å². The Labute approximate surface area is 120 Å². The zero-order chi connectivity index (χ0) is 14.9. The molecule has 0 radical (unpaired) electrons. The van der Waals surface area contributed by atoms with E-state index in [9.17, 15) is 4.39 Å². The van der Waals surface area contributed by atoms with E-state index in [1.807, 2.05) is 12.1 Å². The second kappa shape index (κ2) is 5.76. The summed E-state index contributed by atoms with van der Waals surface area (Å²) >= 11 is 0. The number of nitrogens with two attached hydrogens (primary N) is 1. The van der Waals surface area contributed by atoms with Crippen molar-refractivity contribution in [2.24, 2.45) is 5.73 Å². The number of rotatable bonds is 3.